The number of ether oxygens (including phenoxy) is 1. The molecule has 0 fully saturated rings. The number of rotatable bonds is 3. The highest BCUT2D eigenvalue weighted by Crippen LogP contribution is 2.19. The van der Waals surface area contributed by atoms with Crippen LogP contribution in [0.2, 0.25) is 0 Å². The molecule has 0 aliphatic rings. The van der Waals surface area contributed by atoms with Gasteiger partial charge in [-0.2, -0.15) is 10.1 Å². The zero-order valence-electron chi connectivity index (χ0n) is 13.8. The van der Waals surface area contributed by atoms with Crippen LogP contribution in [0.1, 0.15) is 16.2 Å². The van der Waals surface area contributed by atoms with E-state index in [9.17, 15) is 14.0 Å². The number of fused-ring (bicyclic) bond motifs is 1. The molecule has 0 spiro atoms. The minimum Gasteiger partial charge on any atom is -0.468 e. The zero-order chi connectivity index (χ0) is 18.1. The van der Waals surface area contributed by atoms with Gasteiger partial charge in [0.2, 0.25) is 0 Å². The molecule has 0 bridgehead atoms. The van der Waals surface area contributed by atoms with Gasteiger partial charge >= 0.3 is 5.97 Å². The molecule has 9 heteroatoms. The molecule has 7 nitrogen and oxygen atoms in total. The molecule has 25 heavy (non-hydrogen) atoms. The van der Waals surface area contributed by atoms with E-state index in [0.717, 1.165) is 17.0 Å². The first-order chi connectivity index (χ1) is 11.9. The lowest BCUT2D eigenvalue weighted by Crippen LogP contribution is -2.22. The molecule has 2 heterocycles. The Morgan fingerprint density at radius 3 is 2.76 bits per heavy atom. The van der Waals surface area contributed by atoms with Crippen LogP contribution < -0.4 is 4.80 Å². The first kappa shape index (κ1) is 17.0. The molecule has 3 aromatic rings. The summed E-state index contributed by atoms with van der Waals surface area (Å²) in [6.07, 6.45) is 0. The van der Waals surface area contributed by atoms with Crippen LogP contribution in [0.15, 0.2) is 29.3 Å². The molecule has 1 amide bonds. The van der Waals surface area contributed by atoms with E-state index >= 15 is 0 Å². The molecule has 0 N–H and O–H groups in total. The topological polar surface area (TPSA) is 78.5 Å². The maximum absolute atomic E-state index is 13.5. The van der Waals surface area contributed by atoms with Crippen molar-refractivity contribution in [2.24, 2.45) is 12.0 Å². The van der Waals surface area contributed by atoms with E-state index < -0.39 is 17.7 Å². The molecule has 0 unspecified atom stereocenters. The summed E-state index contributed by atoms with van der Waals surface area (Å²) in [5.41, 5.74) is 1.62. The zero-order valence-corrected chi connectivity index (χ0v) is 14.6. The second-order valence-electron chi connectivity index (χ2n) is 5.37. The highest BCUT2D eigenvalue weighted by atomic mass is 32.1. The molecule has 1 aromatic carbocycles. The molecule has 0 radical (unpaired) electrons. The highest BCUT2D eigenvalue weighted by Gasteiger charge is 2.14. The van der Waals surface area contributed by atoms with Gasteiger partial charge < -0.3 is 9.30 Å². The van der Waals surface area contributed by atoms with Gasteiger partial charge in [0.25, 0.3) is 5.91 Å². The number of amides is 1. The average Bonchev–Trinajstić information content (AvgIpc) is 3.07. The van der Waals surface area contributed by atoms with Crippen molar-refractivity contribution in [2.75, 3.05) is 7.11 Å². The van der Waals surface area contributed by atoms with Gasteiger partial charge in [-0.15, -0.1) is 0 Å². The number of carbonyl (C=O) groups excluding carboxylic acids is 2. The lowest BCUT2D eigenvalue weighted by Gasteiger charge is -2.03. The lowest BCUT2D eigenvalue weighted by molar-refractivity contribution is -0.141. The molecule has 0 saturated heterocycles. The van der Waals surface area contributed by atoms with Gasteiger partial charge in [-0.1, -0.05) is 11.3 Å². The Morgan fingerprint density at radius 2 is 2.12 bits per heavy atom. The number of thiazole rings is 1. The summed E-state index contributed by atoms with van der Waals surface area (Å²) >= 11 is 1.12. The molecule has 0 aliphatic heterocycles. The Morgan fingerprint density at radius 1 is 1.36 bits per heavy atom. The van der Waals surface area contributed by atoms with Crippen LogP contribution in [0.25, 0.3) is 10.2 Å². The average molecular weight is 362 g/mol. The molecule has 0 saturated carbocycles. The number of aromatic nitrogens is 3. The fraction of sp³-hybridized carbons (Fsp3) is 0.250. The molecular formula is C16H15FN4O3S. The van der Waals surface area contributed by atoms with Crippen molar-refractivity contribution < 1.29 is 18.7 Å². The number of hydrogen-bond donors (Lipinski definition) is 0. The van der Waals surface area contributed by atoms with Crippen molar-refractivity contribution in [1.29, 1.82) is 0 Å². The van der Waals surface area contributed by atoms with Gasteiger partial charge in [-0.3, -0.25) is 14.3 Å². The minimum absolute atomic E-state index is 0.129. The molecular weight excluding hydrogens is 347 g/mol. The third-order valence-electron chi connectivity index (χ3n) is 3.69. The third-order valence-corrected chi connectivity index (χ3v) is 4.73. The van der Waals surface area contributed by atoms with E-state index in [1.807, 2.05) is 6.92 Å². The third kappa shape index (κ3) is 3.36. The van der Waals surface area contributed by atoms with Gasteiger partial charge in [0.05, 0.1) is 17.3 Å². The Kier molecular flexibility index (Phi) is 4.49. The Bertz CT molecular complexity index is 1030. The lowest BCUT2D eigenvalue weighted by atomic mass is 10.3. The number of hydrogen-bond acceptors (Lipinski definition) is 5. The highest BCUT2D eigenvalue weighted by molar-refractivity contribution is 7.16. The maximum Gasteiger partial charge on any atom is 0.325 e. The van der Waals surface area contributed by atoms with E-state index in [4.69, 9.17) is 0 Å². The van der Waals surface area contributed by atoms with Gasteiger partial charge in [-0.05, 0) is 31.2 Å². The Hall–Kier alpha value is -2.81. The summed E-state index contributed by atoms with van der Waals surface area (Å²) in [4.78, 5) is 28.4. The van der Waals surface area contributed by atoms with Crippen LogP contribution in [0.3, 0.4) is 0 Å². The number of aryl methyl sites for hydroxylation is 2. The van der Waals surface area contributed by atoms with E-state index in [-0.39, 0.29) is 17.0 Å². The monoisotopic (exact) mass is 362 g/mol. The first-order valence-electron chi connectivity index (χ1n) is 7.34. The summed E-state index contributed by atoms with van der Waals surface area (Å²) in [7, 11) is 3.00. The van der Waals surface area contributed by atoms with Crippen molar-refractivity contribution in [1.82, 2.24) is 14.3 Å². The van der Waals surface area contributed by atoms with Crippen molar-refractivity contribution >= 4 is 33.4 Å². The number of esters is 1. The standard InChI is InChI=1S/C16H15FN4O3S/c1-9-6-11(19-20(9)2)15(23)18-16-21(8-14(22)24-3)12-5-4-10(17)7-13(12)25-16/h4-7H,8H2,1-3H3. The first-order valence-corrected chi connectivity index (χ1v) is 8.16. The van der Waals surface area contributed by atoms with Gasteiger partial charge in [0.15, 0.2) is 10.5 Å². The maximum atomic E-state index is 13.5. The fourth-order valence-electron chi connectivity index (χ4n) is 2.29. The molecule has 0 aliphatic carbocycles. The van der Waals surface area contributed by atoms with E-state index in [1.54, 1.807) is 23.9 Å². The summed E-state index contributed by atoms with van der Waals surface area (Å²) < 4.78 is 21.8. The predicted octanol–water partition coefficient (Wildman–Crippen LogP) is 1.80. The molecule has 3 rings (SSSR count). The van der Waals surface area contributed by atoms with Crippen LogP contribution in [0.5, 0.6) is 0 Å². The van der Waals surface area contributed by atoms with E-state index in [1.165, 1.54) is 23.8 Å². The summed E-state index contributed by atoms with van der Waals surface area (Å²) in [6.45, 7) is 1.69. The summed E-state index contributed by atoms with van der Waals surface area (Å²) in [5.74, 6) is -1.43. The SMILES string of the molecule is COC(=O)Cn1c(=NC(=O)c2cc(C)n(C)n2)sc2cc(F)ccc21. The van der Waals surface area contributed by atoms with Crippen molar-refractivity contribution in [3.63, 3.8) is 0 Å². The van der Waals surface area contributed by atoms with Gasteiger partial charge in [0, 0.05) is 12.7 Å². The molecule has 0 atom stereocenters. The second-order valence-corrected chi connectivity index (χ2v) is 6.38. The van der Waals surface area contributed by atoms with E-state index in [2.05, 4.69) is 14.8 Å². The van der Waals surface area contributed by atoms with E-state index in [0.29, 0.717) is 10.2 Å². The number of carbonyl (C=O) groups is 2. The second kappa shape index (κ2) is 6.60. The van der Waals surface area contributed by atoms with Crippen molar-refractivity contribution in [2.45, 2.75) is 13.5 Å². The predicted molar refractivity (Wildman–Crippen MR) is 89.6 cm³/mol. The van der Waals surface area contributed by atoms with Crippen LogP contribution in [0.4, 0.5) is 4.39 Å². The fourth-order valence-corrected chi connectivity index (χ4v) is 3.34. The van der Waals surface area contributed by atoms with Crippen LogP contribution in [0, 0.1) is 12.7 Å². The van der Waals surface area contributed by atoms with Crippen LogP contribution >= 0.6 is 11.3 Å². The largest absolute Gasteiger partial charge is 0.468 e. The number of methoxy groups -OCH3 is 1. The minimum atomic E-state index is -0.533. The Balaban J connectivity index is 2.14. The quantitative estimate of drug-likeness (QED) is 0.666. The summed E-state index contributed by atoms with van der Waals surface area (Å²) in [5, 5.41) is 4.10. The molecule has 130 valence electrons. The number of nitrogens with zero attached hydrogens (tertiary/aromatic N) is 4. The molecule has 2 aromatic heterocycles. The summed E-state index contributed by atoms with van der Waals surface area (Å²) in [6, 6.07) is 5.79. The smallest absolute Gasteiger partial charge is 0.325 e. The van der Waals surface area contributed by atoms with Gasteiger partial charge in [0.1, 0.15) is 12.4 Å². The number of halogens is 1. The number of benzene rings is 1. The van der Waals surface area contributed by atoms with Crippen LogP contribution in [-0.4, -0.2) is 33.3 Å². The Labute approximate surface area is 146 Å². The van der Waals surface area contributed by atoms with Crippen molar-refractivity contribution in [3.05, 3.63) is 46.3 Å². The van der Waals surface area contributed by atoms with Crippen molar-refractivity contribution in [3.8, 4) is 0 Å². The van der Waals surface area contributed by atoms with Gasteiger partial charge in [-0.25, -0.2) is 4.39 Å². The van der Waals surface area contributed by atoms with Crippen LogP contribution in [-0.2, 0) is 23.1 Å². The normalized spacial score (nSPS) is 11.9.